The Morgan fingerprint density at radius 1 is 1.35 bits per heavy atom. The molecule has 3 rings (SSSR count). The monoisotopic (exact) mass is 336 g/mol. The standard InChI is InChI=1S/C14H17BrN4O/c15-11-7-10(8-16-9-11)14-18-13(20-19-14)5-4-12-3-1-2-6-17-12/h7-9,12,17H,1-6H2. The van der Waals surface area contributed by atoms with E-state index in [9.17, 15) is 0 Å². The Balaban J connectivity index is 1.61. The van der Waals surface area contributed by atoms with Crippen LogP contribution in [-0.2, 0) is 6.42 Å². The largest absolute Gasteiger partial charge is 0.339 e. The first-order valence-corrected chi connectivity index (χ1v) is 7.77. The second-order valence-corrected chi connectivity index (χ2v) is 6.00. The van der Waals surface area contributed by atoms with Gasteiger partial charge in [-0.1, -0.05) is 11.6 Å². The molecule has 1 aliphatic rings. The summed E-state index contributed by atoms with van der Waals surface area (Å²) in [4.78, 5) is 8.55. The Morgan fingerprint density at radius 3 is 3.10 bits per heavy atom. The molecular formula is C14H17BrN4O. The molecule has 0 aliphatic carbocycles. The maximum absolute atomic E-state index is 5.32. The van der Waals surface area contributed by atoms with Gasteiger partial charge in [-0.3, -0.25) is 4.98 Å². The van der Waals surface area contributed by atoms with Crippen LogP contribution in [-0.4, -0.2) is 27.7 Å². The molecule has 1 aliphatic heterocycles. The maximum Gasteiger partial charge on any atom is 0.227 e. The van der Waals surface area contributed by atoms with Crippen LogP contribution in [0.3, 0.4) is 0 Å². The van der Waals surface area contributed by atoms with Gasteiger partial charge in [-0.2, -0.15) is 4.98 Å². The van der Waals surface area contributed by atoms with Crippen molar-refractivity contribution in [1.29, 1.82) is 0 Å². The number of nitrogens with one attached hydrogen (secondary N) is 1. The molecule has 0 aromatic carbocycles. The highest BCUT2D eigenvalue weighted by Gasteiger charge is 2.15. The molecule has 106 valence electrons. The summed E-state index contributed by atoms with van der Waals surface area (Å²) < 4.78 is 6.23. The van der Waals surface area contributed by atoms with E-state index in [4.69, 9.17) is 4.52 Å². The molecule has 3 heterocycles. The van der Waals surface area contributed by atoms with Crippen LogP contribution < -0.4 is 5.32 Å². The van der Waals surface area contributed by atoms with E-state index in [1.54, 1.807) is 12.4 Å². The highest BCUT2D eigenvalue weighted by Crippen LogP contribution is 2.20. The van der Waals surface area contributed by atoms with Gasteiger partial charge in [0.05, 0.1) is 0 Å². The lowest BCUT2D eigenvalue weighted by molar-refractivity contribution is 0.342. The molecule has 0 radical (unpaired) electrons. The molecule has 1 fully saturated rings. The number of halogens is 1. The zero-order chi connectivity index (χ0) is 13.8. The van der Waals surface area contributed by atoms with Crippen LogP contribution in [0.15, 0.2) is 27.5 Å². The number of piperidine rings is 1. The summed E-state index contributed by atoms with van der Waals surface area (Å²) in [6, 6.07) is 2.52. The van der Waals surface area contributed by atoms with Crippen LogP contribution >= 0.6 is 15.9 Å². The molecule has 0 spiro atoms. The van der Waals surface area contributed by atoms with E-state index in [0.717, 1.165) is 29.4 Å². The van der Waals surface area contributed by atoms with Crippen LogP contribution in [0.2, 0.25) is 0 Å². The minimum atomic E-state index is 0.589. The van der Waals surface area contributed by atoms with Gasteiger partial charge in [0.2, 0.25) is 11.7 Å². The average Bonchev–Trinajstić information content (AvgIpc) is 2.95. The SMILES string of the molecule is Brc1cncc(-c2noc(CCC3CCCCN3)n2)c1. The number of aryl methyl sites for hydroxylation is 1. The normalized spacial score (nSPS) is 19.1. The van der Waals surface area contributed by atoms with Crippen LogP contribution in [0.4, 0.5) is 0 Å². The van der Waals surface area contributed by atoms with Gasteiger partial charge < -0.3 is 9.84 Å². The third kappa shape index (κ3) is 3.43. The molecule has 0 saturated carbocycles. The van der Waals surface area contributed by atoms with Crippen molar-refractivity contribution in [3.05, 3.63) is 28.8 Å². The minimum Gasteiger partial charge on any atom is -0.339 e. The molecule has 6 heteroatoms. The lowest BCUT2D eigenvalue weighted by Gasteiger charge is -2.22. The van der Waals surface area contributed by atoms with E-state index in [-0.39, 0.29) is 0 Å². The minimum absolute atomic E-state index is 0.589. The summed E-state index contributed by atoms with van der Waals surface area (Å²) in [5.74, 6) is 1.30. The highest BCUT2D eigenvalue weighted by molar-refractivity contribution is 9.10. The predicted octanol–water partition coefficient (Wildman–Crippen LogP) is 2.97. The zero-order valence-electron chi connectivity index (χ0n) is 11.2. The summed E-state index contributed by atoms with van der Waals surface area (Å²) in [7, 11) is 0. The van der Waals surface area contributed by atoms with Crippen molar-refractivity contribution >= 4 is 15.9 Å². The van der Waals surface area contributed by atoms with E-state index in [0.29, 0.717) is 17.8 Å². The Kier molecular flexibility index (Phi) is 4.42. The number of hydrogen-bond acceptors (Lipinski definition) is 5. The molecule has 0 bridgehead atoms. The van der Waals surface area contributed by atoms with Crippen LogP contribution in [0.5, 0.6) is 0 Å². The Bertz CT molecular complexity index is 566. The first-order valence-electron chi connectivity index (χ1n) is 6.98. The molecule has 1 atom stereocenters. The number of nitrogens with zero attached hydrogens (tertiary/aromatic N) is 3. The van der Waals surface area contributed by atoms with Crippen molar-refractivity contribution < 1.29 is 4.52 Å². The van der Waals surface area contributed by atoms with E-state index < -0.39 is 0 Å². The van der Waals surface area contributed by atoms with Crippen LogP contribution in [0.25, 0.3) is 11.4 Å². The van der Waals surface area contributed by atoms with Crippen molar-refractivity contribution in [3.63, 3.8) is 0 Å². The molecular weight excluding hydrogens is 320 g/mol. The first kappa shape index (κ1) is 13.7. The Hall–Kier alpha value is -1.27. The van der Waals surface area contributed by atoms with Gasteiger partial charge >= 0.3 is 0 Å². The summed E-state index contributed by atoms with van der Waals surface area (Å²) in [5.41, 5.74) is 0.866. The number of aromatic nitrogens is 3. The average molecular weight is 337 g/mol. The second kappa shape index (κ2) is 6.45. The second-order valence-electron chi connectivity index (χ2n) is 5.09. The van der Waals surface area contributed by atoms with Gasteiger partial charge in [-0.15, -0.1) is 0 Å². The van der Waals surface area contributed by atoms with Gasteiger partial charge in [0.15, 0.2) is 0 Å². The van der Waals surface area contributed by atoms with Gasteiger partial charge in [-0.05, 0) is 47.8 Å². The summed E-state index contributed by atoms with van der Waals surface area (Å²) in [5, 5.41) is 7.55. The fourth-order valence-corrected chi connectivity index (χ4v) is 2.84. The number of hydrogen-bond donors (Lipinski definition) is 1. The lowest BCUT2D eigenvalue weighted by Crippen LogP contribution is -2.34. The van der Waals surface area contributed by atoms with Gasteiger partial charge in [0.25, 0.3) is 0 Å². The predicted molar refractivity (Wildman–Crippen MR) is 79.2 cm³/mol. The van der Waals surface area contributed by atoms with Gasteiger partial charge in [0.1, 0.15) is 0 Å². The third-order valence-corrected chi connectivity index (χ3v) is 3.98. The van der Waals surface area contributed by atoms with Crippen molar-refractivity contribution in [2.24, 2.45) is 0 Å². The Labute approximate surface area is 126 Å². The fraction of sp³-hybridized carbons (Fsp3) is 0.500. The number of rotatable bonds is 4. The molecule has 1 N–H and O–H groups in total. The van der Waals surface area contributed by atoms with Crippen molar-refractivity contribution in [2.45, 2.75) is 38.1 Å². The summed E-state index contributed by atoms with van der Waals surface area (Å²) >= 11 is 3.39. The molecule has 5 nitrogen and oxygen atoms in total. The molecule has 0 amide bonds. The van der Waals surface area contributed by atoms with E-state index in [1.165, 1.54) is 19.3 Å². The summed E-state index contributed by atoms with van der Waals surface area (Å²) in [6.45, 7) is 1.13. The zero-order valence-corrected chi connectivity index (χ0v) is 12.8. The molecule has 1 unspecified atom stereocenters. The lowest BCUT2D eigenvalue weighted by atomic mass is 10.0. The summed E-state index contributed by atoms with van der Waals surface area (Å²) in [6.07, 6.45) is 9.20. The molecule has 20 heavy (non-hydrogen) atoms. The van der Waals surface area contributed by atoms with E-state index in [1.807, 2.05) is 6.07 Å². The third-order valence-electron chi connectivity index (χ3n) is 3.55. The topological polar surface area (TPSA) is 63.8 Å². The smallest absolute Gasteiger partial charge is 0.227 e. The van der Waals surface area contributed by atoms with E-state index >= 15 is 0 Å². The van der Waals surface area contributed by atoms with Gasteiger partial charge in [-0.25, -0.2) is 0 Å². The number of pyridine rings is 1. The quantitative estimate of drug-likeness (QED) is 0.929. The van der Waals surface area contributed by atoms with Gasteiger partial charge in [0, 0.05) is 34.9 Å². The molecule has 2 aromatic rings. The van der Waals surface area contributed by atoms with Crippen molar-refractivity contribution in [1.82, 2.24) is 20.4 Å². The molecule has 2 aromatic heterocycles. The maximum atomic E-state index is 5.32. The van der Waals surface area contributed by atoms with Crippen molar-refractivity contribution in [3.8, 4) is 11.4 Å². The van der Waals surface area contributed by atoms with Crippen molar-refractivity contribution in [2.75, 3.05) is 6.54 Å². The fourth-order valence-electron chi connectivity index (χ4n) is 2.48. The Morgan fingerprint density at radius 2 is 2.30 bits per heavy atom. The van der Waals surface area contributed by atoms with Crippen LogP contribution in [0.1, 0.15) is 31.6 Å². The van der Waals surface area contributed by atoms with Crippen LogP contribution in [0, 0.1) is 0 Å². The highest BCUT2D eigenvalue weighted by atomic mass is 79.9. The van der Waals surface area contributed by atoms with E-state index in [2.05, 4.69) is 36.4 Å². The molecule has 1 saturated heterocycles. The first-order chi connectivity index (χ1) is 9.81.